The highest BCUT2D eigenvalue weighted by molar-refractivity contribution is 7.89. The lowest BCUT2D eigenvalue weighted by Crippen LogP contribution is -2.42. The van der Waals surface area contributed by atoms with Gasteiger partial charge in [-0.3, -0.25) is 19.7 Å². The molecule has 8 nitrogen and oxygen atoms in total. The average Bonchev–Trinajstić information content (AvgIpc) is 2.82. The lowest BCUT2D eigenvalue weighted by atomic mass is 9.94. The van der Waals surface area contributed by atoms with E-state index in [4.69, 9.17) is 11.6 Å². The number of benzene rings is 2. The number of halogens is 1. The van der Waals surface area contributed by atoms with E-state index in [-0.39, 0.29) is 35.6 Å². The molecule has 1 heterocycles. The number of hydrogen-bond acceptors (Lipinski definition) is 6. The van der Waals surface area contributed by atoms with Crippen molar-refractivity contribution >= 4 is 39.0 Å². The molecule has 152 valence electrons. The molecule has 29 heavy (non-hydrogen) atoms. The fourth-order valence-electron chi connectivity index (χ4n) is 3.19. The Morgan fingerprint density at radius 2 is 1.83 bits per heavy atom. The molecule has 10 heteroatoms. The minimum absolute atomic E-state index is 0.0866. The van der Waals surface area contributed by atoms with Gasteiger partial charge in [0.2, 0.25) is 5.91 Å². The largest absolute Gasteiger partial charge is 0.298 e. The van der Waals surface area contributed by atoms with Gasteiger partial charge in [-0.15, -0.1) is 0 Å². The van der Waals surface area contributed by atoms with E-state index in [0.717, 1.165) is 29.8 Å². The van der Waals surface area contributed by atoms with Gasteiger partial charge >= 0.3 is 0 Å². The lowest BCUT2D eigenvalue weighted by molar-refractivity contribution is -0.384. The molecule has 1 aliphatic heterocycles. The second-order valence-electron chi connectivity index (χ2n) is 6.71. The predicted octanol–water partition coefficient (Wildman–Crippen LogP) is 2.99. The van der Waals surface area contributed by atoms with Gasteiger partial charge in [0.1, 0.15) is 0 Å². The number of carbonyl (C=O) groups is 2. The molecule has 0 aromatic heterocycles. The fourth-order valence-corrected chi connectivity index (χ4v) is 4.84. The van der Waals surface area contributed by atoms with Gasteiger partial charge in [-0.2, -0.15) is 0 Å². The third-order valence-corrected chi connectivity index (χ3v) is 6.69. The van der Waals surface area contributed by atoms with E-state index in [0.29, 0.717) is 9.33 Å². The standard InChI is InChI=1S/C19H17ClN2O6S/c20-15-3-1-2-13(11-15)10-14-4-7-17(23)12-21(19(14)24)29(27,28)18-8-5-16(6-9-18)22(25)26/h1-3,5-6,8-9,11,14H,4,7,10,12H2. The molecule has 0 aliphatic carbocycles. The van der Waals surface area contributed by atoms with Gasteiger partial charge in [-0.05, 0) is 42.7 Å². The molecule has 0 saturated carbocycles. The highest BCUT2D eigenvalue weighted by Gasteiger charge is 2.38. The minimum Gasteiger partial charge on any atom is -0.298 e. The molecule has 1 aliphatic rings. The van der Waals surface area contributed by atoms with Crippen molar-refractivity contribution in [3.8, 4) is 0 Å². The zero-order valence-electron chi connectivity index (χ0n) is 15.2. The number of nitro groups is 1. The van der Waals surface area contributed by atoms with Crippen molar-refractivity contribution < 1.29 is 22.9 Å². The molecule has 0 spiro atoms. The molecule has 2 aromatic rings. The summed E-state index contributed by atoms with van der Waals surface area (Å²) in [5, 5.41) is 11.3. The smallest absolute Gasteiger partial charge is 0.269 e. The van der Waals surface area contributed by atoms with Crippen LogP contribution in [0.3, 0.4) is 0 Å². The third kappa shape index (κ3) is 4.63. The molecule has 0 N–H and O–H groups in total. The maximum absolute atomic E-state index is 13.0. The summed E-state index contributed by atoms with van der Waals surface area (Å²) in [5.74, 6) is -1.74. The van der Waals surface area contributed by atoms with Crippen LogP contribution in [0.4, 0.5) is 5.69 Å². The Kier molecular flexibility index (Phi) is 5.99. The number of amides is 1. The molecule has 1 fully saturated rings. The lowest BCUT2D eigenvalue weighted by Gasteiger charge is -2.23. The first kappa shape index (κ1) is 20.9. The SMILES string of the molecule is O=C1CCC(Cc2cccc(Cl)c2)C(=O)N(S(=O)(=O)c2ccc([N+](=O)[O-])cc2)C1. The van der Waals surface area contributed by atoms with E-state index in [1.807, 2.05) is 0 Å². The Morgan fingerprint density at radius 1 is 1.14 bits per heavy atom. The van der Waals surface area contributed by atoms with Crippen LogP contribution in [0.25, 0.3) is 0 Å². The van der Waals surface area contributed by atoms with Crippen molar-refractivity contribution in [1.82, 2.24) is 4.31 Å². The molecule has 3 rings (SSSR count). The Bertz CT molecular complexity index is 1070. The summed E-state index contributed by atoms with van der Waals surface area (Å²) in [6, 6.07) is 11.1. The summed E-state index contributed by atoms with van der Waals surface area (Å²) in [6.45, 7) is -0.551. The van der Waals surface area contributed by atoms with Crippen LogP contribution < -0.4 is 0 Å². The second kappa shape index (κ2) is 8.30. The molecule has 0 bridgehead atoms. The van der Waals surface area contributed by atoms with Crippen LogP contribution in [0.1, 0.15) is 18.4 Å². The van der Waals surface area contributed by atoms with E-state index >= 15 is 0 Å². The van der Waals surface area contributed by atoms with Crippen LogP contribution in [-0.2, 0) is 26.0 Å². The first-order chi connectivity index (χ1) is 13.7. The second-order valence-corrected chi connectivity index (χ2v) is 9.01. The molecule has 1 atom stereocenters. The van der Waals surface area contributed by atoms with Crippen LogP contribution in [-0.4, -0.2) is 35.9 Å². The van der Waals surface area contributed by atoms with E-state index in [1.165, 1.54) is 0 Å². The van der Waals surface area contributed by atoms with Gasteiger partial charge in [-0.25, -0.2) is 12.7 Å². The van der Waals surface area contributed by atoms with Gasteiger partial charge in [0.15, 0.2) is 5.78 Å². The number of nitro benzene ring substituents is 1. The summed E-state index contributed by atoms with van der Waals surface area (Å²) in [5.41, 5.74) is 0.485. The van der Waals surface area contributed by atoms with Crippen molar-refractivity contribution in [2.75, 3.05) is 6.54 Å². The number of hydrogen-bond donors (Lipinski definition) is 0. The third-order valence-electron chi connectivity index (χ3n) is 4.69. The van der Waals surface area contributed by atoms with E-state index < -0.39 is 33.3 Å². The Balaban J connectivity index is 1.92. The average molecular weight is 437 g/mol. The topological polar surface area (TPSA) is 115 Å². The minimum atomic E-state index is -4.33. The van der Waals surface area contributed by atoms with Gasteiger partial charge in [0.25, 0.3) is 15.7 Å². The number of non-ortho nitro benzene ring substituents is 1. The van der Waals surface area contributed by atoms with Crippen LogP contribution in [0.5, 0.6) is 0 Å². The Hall–Kier alpha value is -2.78. The molecule has 1 unspecified atom stereocenters. The summed E-state index contributed by atoms with van der Waals surface area (Å²) in [7, 11) is -4.33. The van der Waals surface area contributed by atoms with Gasteiger partial charge in [0.05, 0.1) is 16.4 Å². The molecular weight excluding hydrogens is 420 g/mol. The molecule has 2 aromatic carbocycles. The van der Waals surface area contributed by atoms with Crippen LogP contribution in [0.15, 0.2) is 53.4 Å². The van der Waals surface area contributed by atoms with Gasteiger partial charge in [0, 0.05) is 29.5 Å². The van der Waals surface area contributed by atoms with Crippen molar-refractivity contribution in [2.24, 2.45) is 5.92 Å². The maximum atomic E-state index is 13.0. The zero-order chi connectivity index (χ0) is 21.2. The van der Waals surface area contributed by atoms with Crippen molar-refractivity contribution in [1.29, 1.82) is 0 Å². The Labute approximate surface area is 172 Å². The highest BCUT2D eigenvalue weighted by atomic mass is 35.5. The van der Waals surface area contributed by atoms with Crippen molar-refractivity contribution in [2.45, 2.75) is 24.2 Å². The number of nitrogens with zero attached hydrogens (tertiary/aromatic N) is 2. The number of rotatable bonds is 5. The van der Waals surface area contributed by atoms with Gasteiger partial charge in [-0.1, -0.05) is 23.7 Å². The number of sulfonamides is 1. The van der Waals surface area contributed by atoms with Crippen LogP contribution in [0.2, 0.25) is 5.02 Å². The monoisotopic (exact) mass is 436 g/mol. The number of Topliss-reactive ketones (excluding diaryl/α,β-unsaturated/α-hetero) is 1. The number of ketones is 1. The maximum Gasteiger partial charge on any atom is 0.269 e. The first-order valence-electron chi connectivity index (χ1n) is 8.75. The first-order valence-corrected chi connectivity index (χ1v) is 10.6. The number of carbonyl (C=O) groups excluding carboxylic acids is 2. The molecule has 1 amide bonds. The quantitative estimate of drug-likeness (QED) is 0.525. The van der Waals surface area contributed by atoms with Crippen LogP contribution >= 0.6 is 11.6 Å². The van der Waals surface area contributed by atoms with E-state index in [9.17, 15) is 28.1 Å². The molecule has 0 radical (unpaired) electrons. The van der Waals surface area contributed by atoms with Gasteiger partial charge < -0.3 is 0 Å². The summed E-state index contributed by atoms with van der Waals surface area (Å²) in [4.78, 5) is 35.0. The predicted molar refractivity (Wildman–Crippen MR) is 105 cm³/mol. The zero-order valence-corrected chi connectivity index (χ0v) is 16.7. The van der Waals surface area contributed by atoms with E-state index in [2.05, 4.69) is 0 Å². The molecular formula is C19H17ClN2O6S. The summed E-state index contributed by atoms with van der Waals surface area (Å²) >= 11 is 5.98. The summed E-state index contributed by atoms with van der Waals surface area (Å²) in [6.07, 6.45) is 0.568. The summed E-state index contributed by atoms with van der Waals surface area (Å²) < 4.78 is 26.6. The van der Waals surface area contributed by atoms with Crippen molar-refractivity contribution in [3.05, 3.63) is 69.2 Å². The van der Waals surface area contributed by atoms with Crippen LogP contribution in [0, 0.1) is 16.0 Å². The normalized spacial score (nSPS) is 17.8. The van der Waals surface area contributed by atoms with Crippen molar-refractivity contribution in [3.63, 3.8) is 0 Å². The highest BCUT2D eigenvalue weighted by Crippen LogP contribution is 2.27. The molecule has 1 saturated heterocycles. The van der Waals surface area contributed by atoms with E-state index in [1.54, 1.807) is 24.3 Å². The Morgan fingerprint density at radius 3 is 2.45 bits per heavy atom. The fraction of sp³-hybridized carbons (Fsp3) is 0.263.